The number of amides is 1. The van der Waals surface area contributed by atoms with Gasteiger partial charge in [0.25, 0.3) is 4.45 Å². The number of carbonyl (C=O) groups is 1. The van der Waals surface area contributed by atoms with Crippen molar-refractivity contribution in [3.05, 3.63) is 39.9 Å². The standard InChI is InChI=1S/C12H15BrN2O4/c1-3-12(13,15(18)19)8-14(11(16)17)10-6-4-5-9(2)7-10/h4-7H,3,8H2,1-2H3,(H,16,17). The lowest BCUT2D eigenvalue weighted by molar-refractivity contribution is -0.532. The lowest BCUT2D eigenvalue weighted by Crippen LogP contribution is -2.46. The summed E-state index contributed by atoms with van der Waals surface area (Å²) in [6, 6.07) is 6.84. The van der Waals surface area contributed by atoms with Crippen LogP contribution >= 0.6 is 15.9 Å². The first-order valence-corrected chi connectivity index (χ1v) is 6.50. The van der Waals surface area contributed by atoms with Crippen LogP contribution in [0.3, 0.4) is 0 Å². The summed E-state index contributed by atoms with van der Waals surface area (Å²) in [5, 5.41) is 20.3. The molecule has 0 radical (unpaired) electrons. The zero-order chi connectivity index (χ0) is 14.6. The van der Waals surface area contributed by atoms with E-state index >= 15 is 0 Å². The van der Waals surface area contributed by atoms with E-state index in [0.717, 1.165) is 10.5 Å². The summed E-state index contributed by atoms with van der Waals surface area (Å²) in [6.07, 6.45) is -1.04. The SMILES string of the molecule is CCC(Br)(CN(C(=O)O)c1cccc(C)c1)[N+](=O)[O-]. The lowest BCUT2D eigenvalue weighted by Gasteiger charge is -2.25. The number of anilines is 1. The number of aryl methyl sites for hydroxylation is 1. The van der Waals surface area contributed by atoms with E-state index in [0.29, 0.717) is 5.69 Å². The predicted octanol–water partition coefficient (Wildman–Crippen LogP) is 3.26. The molecule has 1 amide bonds. The largest absolute Gasteiger partial charge is 0.465 e. The van der Waals surface area contributed by atoms with Crippen molar-refractivity contribution in [2.24, 2.45) is 0 Å². The number of halogens is 1. The van der Waals surface area contributed by atoms with Gasteiger partial charge in [0.2, 0.25) is 0 Å². The van der Waals surface area contributed by atoms with Crippen LogP contribution in [0.15, 0.2) is 24.3 Å². The molecule has 0 saturated heterocycles. The molecule has 1 N–H and O–H groups in total. The topological polar surface area (TPSA) is 83.7 Å². The Labute approximate surface area is 119 Å². The van der Waals surface area contributed by atoms with Gasteiger partial charge in [0.1, 0.15) is 6.54 Å². The van der Waals surface area contributed by atoms with E-state index in [-0.39, 0.29) is 13.0 Å². The van der Waals surface area contributed by atoms with E-state index in [9.17, 15) is 20.0 Å². The van der Waals surface area contributed by atoms with Crippen LogP contribution in [0.4, 0.5) is 10.5 Å². The first-order chi connectivity index (χ1) is 8.80. The van der Waals surface area contributed by atoms with Gasteiger partial charge in [-0.15, -0.1) is 0 Å². The second-order valence-corrected chi connectivity index (χ2v) is 5.71. The molecule has 1 unspecified atom stereocenters. The van der Waals surface area contributed by atoms with E-state index in [2.05, 4.69) is 15.9 Å². The van der Waals surface area contributed by atoms with Gasteiger partial charge >= 0.3 is 6.09 Å². The minimum atomic E-state index is -1.48. The maximum absolute atomic E-state index is 11.3. The molecule has 0 saturated carbocycles. The third-order valence-electron chi connectivity index (χ3n) is 2.81. The fourth-order valence-corrected chi connectivity index (χ4v) is 1.86. The molecule has 0 fully saturated rings. The Hall–Kier alpha value is -1.63. The van der Waals surface area contributed by atoms with E-state index in [1.807, 2.05) is 13.0 Å². The Balaban J connectivity index is 3.09. The van der Waals surface area contributed by atoms with Gasteiger partial charge in [-0.2, -0.15) is 0 Å². The Morgan fingerprint density at radius 3 is 2.63 bits per heavy atom. The summed E-state index contributed by atoms with van der Waals surface area (Å²) in [5.41, 5.74) is 1.31. The third-order valence-corrected chi connectivity index (χ3v) is 3.91. The molecule has 1 aromatic carbocycles. The molecule has 0 aliphatic carbocycles. The van der Waals surface area contributed by atoms with E-state index in [1.165, 1.54) is 0 Å². The molecule has 7 heteroatoms. The monoisotopic (exact) mass is 330 g/mol. The summed E-state index contributed by atoms with van der Waals surface area (Å²) < 4.78 is -1.48. The van der Waals surface area contributed by atoms with E-state index in [4.69, 9.17) is 0 Å². The Bertz CT molecular complexity index is 494. The van der Waals surface area contributed by atoms with Crippen LogP contribution in [0.2, 0.25) is 0 Å². The van der Waals surface area contributed by atoms with Crippen LogP contribution in [0.1, 0.15) is 18.9 Å². The molecule has 0 aromatic heterocycles. The van der Waals surface area contributed by atoms with E-state index in [1.54, 1.807) is 25.1 Å². The van der Waals surface area contributed by atoms with Crippen molar-refractivity contribution in [1.82, 2.24) is 0 Å². The zero-order valence-electron chi connectivity index (χ0n) is 10.7. The van der Waals surface area contributed by atoms with Crippen LogP contribution in [-0.4, -0.2) is 27.1 Å². The average molecular weight is 331 g/mol. The molecule has 0 aliphatic rings. The van der Waals surface area contributed by atoms with Crippen molar-refractivity contribution in [1.29, 1.82) is 0 Å². The first-order valence-electron chi connectivity index (χ1n) is 5.70. The van der Waals surface area contributed by atoms with Gasteiger partial charge in [0.05, 0.1) is 0 Å². The van der Waals surface area contributed by atoms with Crippen molar-refractivity contribution in [2.45, 2.75) is 24.7 Å². The van der Waals surface area contributed by atoms with Crippen LogP contribution in [0.5, 0.6) is 0 Å². The molecule has 1 atom stereocenters. The van der Waals surface area contributed by atoms with Gasteiger partial charge in [-0.05, 0) is 24.6 Å². The van der Waals surface area contributed by atoms with Crippen molar-refractivity contribution in [3.63, 3.8) is 0 Å². The number of carboxylic acid groups (broad SMARTS) is 1. The Kier molecular flexibility index (Phi) is 4.88. The summed E-state index contributed by atoms with van der Waals surface area (Å²) in [4.78, 5) is 22.8. The highest BCUT2D eigenvalue weighted by Crippen LogP contribution is 2.27. The third kappa shape index (κ3) is 3.66. The lowest BCUT2D eigenvalue weighted by atomic mass is 10.1. The number of hydrogen-bond acceptors (Lipinski definition) is 3. The summed E-state index contributed by atoms with van der Waals surface area (Å²) in [5.74, 6) is 0. The minimum absolute atomic E-state index is 0.176. The zero-order valence-corrected chi connectivity index (χ0v) is 12.3. The van der Waals surface area contributed by atoms with E-state index < -0.39 is 15.5 Å². The number of rotatable bonds is 5. The molecular formula is C12H15BrN2O4. The molecule has 6 nitrogen and oxygen atoms in total. The van der Waals surface area contributed by atoms with Crippen molar-refractivity contribution in [3.8, 4) is 0 Å². The van der Waals surface area contributed by atoms with Crippen molar-refractivity contribution < 1.29 is 14.8 Å². The number of nitrogens with zero attached hydrogens (tertiary/aromatic N) is 2. The van der Waals surface area contributed by atoms with Crippen molar-refractivity contribution in [2.75, 3.05) is 11.4 Å². The number of benzene rings is 1. The molecule has 0 heterocycles. The molecule has 1 aromatic rings. The molecular weight excluding hydrogens is 316 g/mol. The Morgan fingerprint density at radius 2 is 2.21 bits per heavy atom. The minimum Gasteiger partial charge on any atom is -0.465 e. The Morgan fingerprint density at radius 1 is 1.58 bits per heavy atom. The van der Waals surface area contributed by atoms with Crippen LogP contribution < -0.4 is 4.90 Å². The van der Waals surface area contributed by atoms with Gasteiger partial charge in [-0.1, -0.05) is 19.1 Å². The maximum atomic E-state index is 11.3. The van der Waals surface area contributed by atoms with Gasteiger partial charge in [-0.3, -0.25) is 15.0 Å². The highest BCUT2D eigenvalue weighted by Gasteiger charge is 2.41. The fourth-order valence-electron chi connectivity index (χ4n) is 1.61. The van der Waals surface area contributed by atoms with Crippen LogP contribution in [-0.2, 0) is 0 Å². The van der Waals surface area contributed by atoms with Gasteiger partial charge in [0.15, 0.2) is 0 Å². The number of alkyl halides is 1. The van der Waals surface area contributed by atoms with Gasteiger partial charge in [0, 0.05) is 33.0 Å². The quantitative estimate of drug-likeness (QED) is 0.388. The highest BCUT2D eigenvalue weighted by molar-refractivity contribution is 9.10. The number of nitro groups is 1. The molecule has 19 heavy (non-hydrogen) atoms. The molecule has 104 valence electrons. The summed E-state index contributed by atoms with van der Waals surface area (Å²) in [7, 11) is 0. The predicted molar refractivity (Wildman–Crippen MR) is 75.5 cm³/mol. The second-order valence-electron chi connectivity index (χ2n) is 4.24. The molecule has 1 rings (SSSR count). The van der Waals surface area contributed by atoms with Crippen LogP contribution in [0.25, 0.3) is 0 Å². The second kappa shape index (κ2) is 6.01. The van der Waals surface area contributed by atoms with Gasteiger partial charge < -0.3 is 5.11 Å². The normalized spacial score (nSPS) is 13.6. The molecule has 0 aliphatic heterocycles. The maximum Gasteiger partial charge on any atom is 0.412 e. The molecule has 0 spiro atoms. The smallest absolute Gasteiger partial charge is 0.412 e. The highest BCUT2D eigenvalue weighted by atomic mass is 79.9. The number of hydrogen-bond donors (Lipinski definition) is 1. The van der Waals surface area contributed by atoms with Gasteiger partial charge in [-0.25, -0.2) is 4.79 Å². The molecule has 0 bridgehead atoms. The summed E-state index contributed by atoms with van der Waals surface area (Å²) in [6.45, 7) is 3.21. The summed E-state index contributed by atoms with van der Waals surface area (Å²) >= 11 is 3.03. The fraction of sp³-hybridized carbons (Fsp3) is 0.417. The van der Waals surface area contributed by atoms with Crippen LogP contribution in [0, 0.1) is 17.0 Å². The van der Waals surface area contributed by atoms with Crippen molar-refractivity contribution >= 4 is 27.7 Å². The average Bonchev–Trinajstić information content (AvgIpc) is 2.35. The first kappa shape index (κ1) is 15.4.